The molecule has 1 aliphatic rings. The second-order valence-electron chi connectivity index (χ2n) is 4.34. The van der Waals surface area contributed by atoms with E-state index in [0.29, 0.717) is 11.4 Å². The first-order valence-corrected chi connectivity index (χ1v) is 6.74. The highest BCUT2D eigenvalue weighted by atomic mass is 79.9. The number of nitrogens with one attached hydrogen (secondary N) is 2. The number of aryl methyl sites for hydroxylation is 1. The average molecular weight is 335 g/mol. The van der Waals surface area contributed by atoms with Crippen molar-refractivity contribution in [2.75, 3.05) is 11.9 Å². The first kappa shape index (κ1) is 12.9. The summed E-state index contributed by atoms with van der Waals surface area (Å²) in [6.07, 6.45) is 1.80. The maximum Gasteiger partial charge on any atom is 0.257 e. The number of nitrogens with zero attached hydrogens (tertiary/aromatic N) is 2. The molecule has 0 saturated heterocycles. The third-order valence-electron chi connectivity index (χ3n) is 2.80. The zero-order valence-electron chi connectivity index (χ0n) is 10.6. The molecule has 6 nitrogen and oxygen atoms in total. The van der Waals surface area contributed by atoms with Crippen LogP contribution in [0.1, 0.15) is 11.4 Å². The maximum absolute atomic E-state index is 12.1. The Balaban J connectivity index is 1.82. The molecule has 1 aliphatic heterocycles. The van der Waals surface area contributed by atoms with Crippen molar-refractivity contribution in [2.24, 2.45) is 0 Å². The standard InChI is InChI=1S/C13H11BrN4O2/c1-7-15-13(18-17-7)16-12(19)9-4-8-5-10(14)2-3-11(8)20-6-9/h2-5H,6H2,1H3,(H2,15,16,17,18,19). The first-order valence-electron chi connectivity index (χ1n) is 5.95. The number of halogens is 1. The molecule has 0 unspecified atom stereocenters. The van der Waals surface area contributed by atoms with E-state index >= 15 is 0 Å². The van der Waals surface area contributed by atoms with Gasteiger partial charge in [-0.05, 0) is 31.2 Å². The van der Waals surface area contributed by atoms with Crippen LogP contribution < -0.4 is 10.1 Å². The SMILES string of the molecule is Cc1nc(NC(=O)C2=Cc3cc(Br)ccc3OC2)n[nH]1. The molecule has 7 heteroatoms. The van der Waals surface area contributed by atoms with Crippen molar-refractivity contribution in [3.63, 3.8) is 0 Å². The van der Waals surface area contributed by atoms with Crippen molar-refractivity contribution < 1.29 is 9.53 Å². The molecule has 1 amide bonds. The minimum atomic E-state index is -0.269. The van der Waals surface area contributed by atoms with Crippen molar-refractivity contribution in [2.45, 2.75) is 6.92 Å². The van der Waals surface area contributed by atoms with E-state index < -0.39 is 0 Å². The molecule has 0 spiro atoms. The van der Waals surface area contributed by atoms with Gasteiger partial charge in [0.15, 0.2) is 0 Å². The topological polar surface area (TPSA) is 79.9 Å². The number of hydrogen-bond donors (Lipinski definition) is 2. The van der Waals surface area contributed by atoms with Gasteiger partial charge >= 0.3 is 0 Å². The van der Waals surface area contributed by atoms with Crippen LogP contribution in [0.2, 0.25) is 0 Å². The summed E-state index contributed by atoms with van der Waals surface area (Å²) in [6, 6.07) is 5.66. The van der Waals surface area contributed by atoms with Crippen molar-refractivity contribution in [3.05, 3.63) is 39.6 Å². The zero-order chi connectivity index (χ0) is 14.1. The number of aromatic amines is 1. The third-order valence-corrected chi connectivity index (χ3v) is 3.29. The average Bonchev–Trinajstić information content (AvgIpc) is 2.83. The Labute approximate surface area is 123 Å². The molecule has 0 fully saturated rings. The molecule has 0 bridgehead atoms. The number of aromatic nitrogens is 3. The summed E-state index contributed by atoms with van der Waals surface area (Å²) in [6.45, 7) is 1.99. The molecule has 0 radical (unpaired) electrons. The number of amides is 1. The molecule has 0 saturated carbocycles. The summed E-state index contributed by atoms with van der Waals surface area (Å²) >= 11 is 3.39. The van der Waals surface area contributed by atoms with E-state index in [2.05, 4.69) is 36.4 Å². The van der Waals surface area contributed by atoms with Gasteiger partial charge in [0.05, 0.1) is 5.57 Å². The number of hydrogen-bond acceptors (Lipinski definition) is 4. The van der Waals surface area contributed by atoms with E-state index in [1.165, 1.54) is 0 Å². The lowest BCUT2D eigenvalue weighted by molar-refractivity contribution is -0.113. The third kappa shape index (κ3) is 2.57. The second-order valence-corrected chi connectivity index (χ2v) is 5.25. The van der Waals surface area contributed by atoms with Gasteiger partial charge in [0, 0.05) is 10.0 Å². The highest BCUT2D eigenvalue weighted by Gasteiger charge is 2.18. The van der Waals surface area contributed by atoms with Gasteiger partial charge in [-0.3, -0.25) is 15.2 Å². The fourth-order valence-corrected chi connectivity index (χ4v) is 2.24. The van der Waals surface area contributed by atoms with Gasteiger partial charge in [0.1, 0.15) is 18.2 Å². The Morgan fingerprint density at radius 3 is 3.10 bits per heavy atom. The van der Waals surface area contributed by atoms with Crippen LogP contribution in [0.4, 0.5) is 5.95 Å². The Hall–Kier alpha value is -2.15. The minimum Gasteiger partial charge on any atom is -0.488 e. The largest absolute Gasteiger partial charge is 0.488 e. The van der Waals surface area contributed by atoms with E-state index in [9.17, 15) is 4.79 Å². The molecule has 1 aromatic heterocycles. The van der Waals surface area contributed by atoms with Gasteiger partial charge in [0.25, 0.3) is 5.91 Å². The molecule has 2 heterocycles. The first-order chi connectivity index (χ1) is 9.61. The van der Waals surface area contributed by atoms with Gasteiger partial charge in [-0.25, -0.2) is 0 Å². The van der Waals surface area contributed by atoms with E-state index in [4.69, 9.17) is 4.74 Å². The monoisotopic (exact) mass is 334 g/mol. The fourth-order valence-electron chi connectivity index (χ4n) is 1.86. The number of ether oxygens (including phenoxy) is 1. The molecule has 2 aromatic rings. The Kier molecular flexibility index (Phi) is 3.27. The minimum absolute atomic E-state index is 0.226. The number of benzene rings is 1. The molecule has 3 rings (SSSR count). The normalized spacial score (nSPS) is 13.2. The lowest BCUT2D eigenvalue weighted by atomic mass is 10.1. The van der Waals surface area contributed by atoms with Gasteiger partial charge in [0.2, 0.25) is 5.95 Å². The lowest BCUT2D eigenvalue weighted by Gasteiger charge is -2.17. The van der Waals surface area contributed by atoms with Crippen molar-refractivity contribution in [1.29, 1.82) is 0 Å². The van der Waals surface area contributed by atoms with Gasteiger partial charge in [-0.15, -0.1) is 5.10 Å². The lowest BCUT2D eigenvalue weighted by Crippen LogP contribution is -2.21. The molecule has 0 aliphatic carbocycles. The second kappa shape index (κ2) is 5.09. The number of carbonyl (C=O) groups is 1. The van der Waals surface area contributed by atoms with Crippen LogP contribution >= 0.6 is 15.9 Å². The molecule has 2 N–H and O–H groups in total. The van der Waals surface area contributed by atoms with Crippen molar-refractivity contribution in [3.8, 4) is 5.75 Å². The smallest absolute Gasteiger partial charge is 0.257 e. The highest BCUT2D eigenvalue weighted by molar-refractivity contribution is 9.10. The highest BCUT2D eigenvalue weighted by Crippen LogP contribution is 2.29. The summed E-state index contributed by atoms with van der Waals surface area (Å²) in [7, 11) is 0. The fraction of sp³-hybridized carbons (Fsp3) is 0.154. The van der Waals surface area contributed by atoms with Crippen molar-refractivity contribution in [1.82, 2.24) is 15.2 Å². The van der Waals surface area contributed by atoms with Crippen LogP contribution in [-0.2, 0) is 4.79 Å². The van der Waals surface area contributed by atoms with Gasteiger partial charge < -0.3 is 4.74 Å². The number of H-pyrrole nitrogens is 1. The van der Waals surface area contributed by atoms with E-state index in [0.717, 1.165) is 15.8 Å². The van der Waals surface area contributed by atoms with E-state index in [1.807, 2.05) is 18.2 Å². The van der Waals surface area contributed by atoms with Crippen LogP contribution in [0.15, 0.2) is 28.2 Å². The molecule has 20 heavy (non-hydrogen) atoms. The summed E-state index contributed by atoms with van der Waals surface area (Å²) in [5.74, 6) is 1.39. The van der Waals surface area contributed by atoms with Crippen LogP contribution in [0.3, 0.4) is 0 Å². The summed E-state index contributed by atoms with van der Waals surface area (Å²) in [4.78, 5) is 16.1. The predicted octanol–water partition coefficient (Wildman–Crippen LogP) is 2.29. The summed E-state index contributed by atoms with van der Waals surface area (Å²) < 4.78 is 6.49. The number of anilines is 1. The van der Waals surface area contributed by atoms with Crippen LogP contribution in [0.25, 0.3) is 6.08 Å². The molecular formula is C13H11BrN4O2. The Bertz CT molecular complexity index is 708. The number of fused-ring (bicyclic) bond motifs is 1. The molecule has 0 atom stereocenters. The van der Waals surface area contributed by atoms with Gasteiger partial charge in [-0.1, -0.05) is 15.9 Å². The maximum atomic E-state index is 12.1. The van der Waals surface area contributed by atoms with Crippen LogP contribution in [-0.4, -0.2) is 27.7 Å². The van der Waals surface area contributed by atoms with Crippen molar-refractivity contribution >= 4 is 33.9 Å². The van der Waals surface area contributed by atoms with Crippen LogP contribution in [0.5, 0.6) is 5.75 Å². The Morgan fingerprint density at radius 2 is 2.35 bits per heavy atom. The summed E-state index contributed by atoms with van der Waals surface area (Å²) in [5.41, 5.74) is 1.39. The number of carbonyl (C=O) groups excluding carboxylic acids is 1. The molecule has 102 valence electrons. The van der Waals surface area contributed by atoms with E-state index in [-0.39, 0.29) is 18.5 Å². The predicted molar refractivity (Wildman–Crippen MR) is 77.4 cm³/mol. The van der Waals surface area contributed by atoms with Crippen LogP contribution in [0, 0.1) is 6.92 Å². The number of rotatable bonds is 2. The van der Waals surface area contributed by atoms with Gasteiger partial charge in [-0.2, -0.15) is 4.98 Å². The summed E-state index contributed by atoms with van der Waals surface area (Å²) in [5, 5.41) is 9.16. The molecule has 1 aromatic carbocycles. The molecular weight excluding hydrogens is 324 g/mol. The zero-order valence-corrected chi connectivity index (χ0v) is 12.2. The Morgan fingerprint density at radius 1 is 1.50 bits per heavy atom. The van der Waals surface area contributed by atoms with E-state index in [1.54, 1.807) is 13.0 Å². The quantitative estimate of drug-likeness (QED) is 0.882.